The molecule has 9 heteroatoms. The van der Waals surface area contributed by atoms with Crippen LogP contribution in [-0.2, 0) is 21.4 Å². The molecule has 0 aliphatic rings. The van der Waals surface area contributed by atoms with E-state index in [1.807, 2.05) is 0 Å². The number of benzene rings is 2. The lowest BCUT2D eigenvalue weighted by Crippen LogP contribution is -2.19. The van der Waals surface area contributed by atoms with Crippen molar-refractivity contribution in [1.29, 1.82) is 0 Å². The Morgan fingerprint density at radius 1 is 1.15 bits per heavy atom. The molecule has 0 amide bonds. The van der Waals surface area contributed by atoms with E-state index >= 15 is 0 Å². The lowest BCUT2D eigenvalue weighted by molar-refractivity contribution is 0.181. The van der Waals surface area contributed by atoms with Crippen molar-refractivity contribution in [3.8, 4) is 5.75 Å². The smallest absolute Gasteiger partial charge is 0.279 e. The van der Waals surface area contributed by atoms with Gasteiger partial charge in [0.15, 0.2) is 0 Å². The SMILES string of the molecule is COCc1cc(/C=N\NS(=O)(=O)c2c(Cl)cc(C)cc2Cl)ccc1OC. The monoisotopic (exact) mass is 416 g/mol. The van der Waals surface area contributed by atoms with Crippen LogP contribution >= 0.6 is 23.2 Å². The molecule has 0 fully saturated rings. The van der Waals surface area contributed by atoms with Crippen LogP contribution in [0.1, 0.15) is 16.7 Å². The Hall–Kier alpha value is -1.80. The third-order valence-corrected chi connectivity index (χ3v) is 5.55. The zero-order valence-corrected chi connectivity index (χ0v) is 16.7. The summed E-state index contributed by atoms with van der Waals surface area (Å²) in [5.41, 5.74) is 2.24. The van der Waals surface area contributed by atoms with Gasteiger partial charge in [0, 0.05) is 12.7 Å². The predicted molar refractivity (Wildman–Crippen MR) is 103 cm³/mol. The van der Waals surface area contributed by atoms with E-state index in [1.54, 1.807) is 39.3 Å². The third-order valence-electron chi connectivity index (χ3n) is 3.40. The standard InChI is InChI=1S/C17H18Cl2N2O4S/c1-11-6-14(18)17(15(19)7-11)26(22,23)21-20-9-12-4-5-16(25-3)13(8-12)10-24-2/h4-9,21H,10H2,1-3H3/b20-9-. The van der Waals surface area contributed by atoms with Gasteiger partial charge < -0.3 is 9.47 Å². The molecule has 0 heterocycles. The van der Waals surface area contributed by atoms with Gasteiger partial charge in [-0.2, -0.15) is 18.4 Å². The van der Waals surface area contributed by atoms with Gasteiger partial charge >= 0.3 is 0 Å². The Bertz CT molecular complexity index is 907. The first-order chi connectivity index (χ1) is 12.3. The number of halogens is 2. The van der Waals surface area contributed by atoms with Gasteiger partial charge in [0.25, 0.3) is 10.0 Å². The molecule has 0 aliphatic carbocycles. The highest BCUT2D eigenvalue weighted by atomic mass is 35.5. The molecular weight excluding hydrogens is 399 g/mol. The van der Waals surface area contributed by atoms with Gasteiger partial charge in [0.1, 0.15) is 10.6 Å². The van der Waals surface area contributed by atoms with Gasteiger partial charge in [0.05, 0.1) is 30.0 Å². The zero-order chi connectivity index (χ0) is 19.3. The van der Waals surface area contributed by atoms with Crippen molar-refractivity contribution in [2.24, 2.45) is 5.10 Å². The van der Waals surface area contributed by atoms with Crippen molar-refractivity contribution in [1.82, 2.24) is 4.83 Å². The maximum Gasteiger partial charge on any atom is 0.279 e. The Kier molecular flexibility index (Phi) is 6.88. The largest absolute Gasteiger partial charge is 0.496 e. The molecule has 1 N–H and O–H groups in total. The molecule has 140 valence electrons. The Balaban J connectivity index is 2.24. The van der Waals surface area contributed by atoms with Crippen LogP contribution in [0.5, 0.6) is 5.75 Å². The predicted octanol–water partition coefficient (Wildman–Crippen LogP) is 3.77. The minimum absolute atomic E-state index is 0.0320. The number of ether oxygens (including phenoxy) is 2. The molecule has 2 aromatic rings. The first-order valence-electron chi connectivity index (χ1n) is 7.45. The van der Waals surface area contributed by atoms with Crippen LogP contribution in [0.4, 0.5) is 0 Å². The van der Waals surface area contributed by atoms with Crippen molar-refractivity contribution in [2.45, 2.75) is 18.4 Å². The van der Waals surface area contributed by atoms with Crippen molar-refractivity contribution in [3.05, 3.63) is 57.1 Å². The van der Waals surface area contributed by atoms with Crippen LogP contribution < -0.4 is 9.57 Å². The summed E-state index contributed by atoms with van der Waals surface area (Å²) in [6.07, 6.45) is 1.37. The van der Waals surface area contributed by atoms with Gasteiger partial charge in [-0.1, -0.05) is 23.2 Å². The van der Waals surface area contributed by atoms with Crippen LogP contribution in [-0.4, -0.2) is 28.9 Å². The average molecular weight is 417 g/mol. The summed E-state index contributed by atoms with van der Waals surface area (Å²) in [6, 6.07) is 8.31. The van der Waals surface area contributed by atoms with Crippen molar-refractivity contribution < 1.29 is 17.9 Å². The molecule has 26 heavy (non-hydrogen) atoms. The molecule has 0 saturated carbocycles. The molecule has 0 aliphatic heterocycles. The van der Waals surface area contributed by atoms with Crippen LogP contribution in [0.2, 0.25) is 10.0 Å². The Morgan fingerprint density at radius 3 is 2.38 bits per heavy atom. The van der Waals surface area contributed by atoms with E-state index < -0.39 is 10.0 Å². The van der Waals surface area contributed by atoms with Crippen LogP contribution in [0.3, 0.4) is 0 Å². The lowest BCUT2D eigenvalue weighted by Gasteiger charge is -2.09. The van der Waals surface area contributed by atoms with Crippen LogP contribution in [0.15, 0.2) is 40.3 Å². The number of hydrogen-bond acceptors (Lipinski definition) is 5. The van der Waals surface area contributed by atoms with E-state index in [4.69, 9.17) is 32.7 Å². The second-order valence-corrected chi connectivity index (χ2v) is 7.83. The summed E-state index contributed by atoms with van der Waals surface area (Å²) in [6.45, 7) is 2.12. The molecule has 2 aromatic carbocycles. The first-order valence-corrected chi connectivity index (χ1v) is 9.68. The summed E-state index contributed by atoms with van der Waals surface area (Å²) >= 11 is 12.0. The number of nitrogens with one attached hydrogen (secondary N) is 1. The summed E-state index contributed by atoms with van der Waals surface area (Å²) in [5, 5.41) is 3.85. The fourth-order valence-electron chi connectivity index (χ4n) is 2.31. The maximum absolute atomic E-state index is 12.4. The Labute approximate surface area is 162 Å². The highest BCUT2D eigenvalue weighted by molar-refractivity contribution is 7.89. The lowest BCUT2D eigenvalue weighted by atomic mass is 10.1. The number of aryl methyl sites for hydroxylation is 1. The van der Waals surface area contributed by atoms with E-state index in [1.165, 1.54) is 18.3 Å². The second-order valence-electron chi connectivity index (χ2n) is 5.41. The number of hydrogen-bond donors (Lipinski definition) is 1. The molecule has 0 saturated heterocycles. The molecule has 0 aromatic heterocycles. The fourth-order valence-corrected chi connectivity index (χ4v) is 4.43. The van der Waals surface area contributed by atoms with Crippen LogP contribution in [0.25, 0.3) is 0 Å². The van der Waals surface area contributed by atoms with E-state index in [0.29, 0.717) is 17.9 Å². The minimum Gasteiger partial charge on any atom is -0.496 e. The van der Waals surface area contributed by atoms with E-state index in [0.717, 1.165) is 11.1 Å². The molecule has 2 rings (SSSR count). The summed E-state index contributed by atoms with van der Waals surface area (Å²) in [5.74, 6) is 0.669. The second kappa shape index (κ2) is 8.73. The third kappa shape index (κ3) is 4.88. The normalized spacial score (nSPS) is 11.7. The molecule has 0 spiro atoms. The zero-order valence-electron chi connectivity index (χ0n) is 14.4. The van der Waals surface area contributed by atoms with Crippen molar-refractivity contribution in [3.63, 3.8) is 0 Å². The van der Waals surface area contributed by atoms with Gasteiger partial charge in [-0.25, -0.2) is 0 Å². The quantitative estimate of drug-likeness (QED) is 0.550. The van der Waals surface area contributed by atoms with E-state index in [9.17, 15) is 8.42 Å². The number of methoxy groups -OCH3 is 2. The topological polar surface area (TPSA) is 77.0 Å². The highest BCUT2D eigenvalue weighted by Gasteiger charge is 2.21. The molecule has 0 unspecified atom stereocenters. The number of nitrogens with zero attached hydrogens (tertiary/aromatic N) is 1. The molecule has 0 atom stereocenters. The fraction of sp³-hybridized carbons (Fsp3) is 0.235. The van der Waals surface area contributed by atoms with E-state index in [-0.39, 0.29) is 14.9 Å². The molecular formula is C17H18Cl2N2O4S. The maximum atomic E-state index is 12.4. The first kappa shape index (κ1) is 20.5. The van der Waals surface area contributed by atoms with Gasteiger partial charge in [-0.3, -0.25) is 0 Å². The molecule has 6 nitrogen and oxygen atoms in total. The van der Waals surface area contributed by atoms with Crippen molar-refractivity contribution in [2.75, 3.05) is 14.2 Å². The summed E-state index contributed by atoms with van der Waals surface area (Å²) in [4.78, 5) is 1.91. The number of hydrazone groups is 1. The average Bonchev–Trinajstić information content (AvgIpc) is 2.54. The number of sulfonamides is 1. The Morgan fingerprint density at radius 2 is 1.81 bits per heavy atom. The van der Waals surface area contributed by atoms with E-state index in [2.05, 4.69) is 9.93 Å². The highest BCUT2D eigenvalue weighted by Crippen LogP contribution is 2.30. The van der Waals surface area contributed by atoms with Gasteiger partial charge in [-0.15, -0.1) is 0 Å². The van der Waals surface area contributed by atoms with Gasteiger partial charge in [0.2, 0.25) is 0 Å². The summed E-state index contributed by atoms with van der Waals surface area (Å²) in [7, 11) is -0.869. The summed E-state index contributed by atoms with van der Waals surface area (Å²) < 4.78 is 35.2. The number of rotatable bonds is 7. The van der Waals surface area contributed by atoms with Gasteiger partial charge in [-0.05, 0) is 48.4 Å². The molecule has 0 radical (unpaired) electrons. The van der Waals surface area contributed by atoms with Crippen molar-refractivity contribution >= 4 is 39.4 Å². The van der Waals surface area contributed by atoms with Crippen LogP contribution in [0, 0.1) is 6.92 Å². The minimum atomic E-state index is -4.00. The molecule has 0 bridgehead atoms.